The van der Waals surface area contributed by atoms with Gasteiger partial charge in [-0.25, -0.2) is 4.39 Å². The summed E-state index contributed by atoms with van der Waals surface area (Å²) in [5.74, 6) is -0.398. The Morgan fingerprint density at radius 3 is 2.67 bits per heavy atom. The molecule has 0 unspecified atom stereocenters. The number of rotatable bonds is 7. The summed E-state index contributed by atoms with van der Waals surface area (Å²) in [6, 6.07) is 16.7. The van der Waals surface area contributed by atoms with Crippen LogP contribution in [0.15, 0.2) is 60.2 Å². The van der Waals surface area contributed by atoms with E-state index in [1.807, 2.05) is 19.9 Å². The summed E-state index contributed by atoms with van der Waals surface area (Å²) in [6.45, 7) is 4.05. The molecule has 3 aromatic carbocycles. The van der Waals surface area contributed by atoms with Gasteiger partial charge in [0, 0.05) is 27.7 Å². The topological polar surface area (TPSA) is 62.1 Å². The molecular weight excluding hydrogens is 462 g/mol. The summed E-state index contributed by atoms with van der Waals surface area (Å²) in [5.41, 5.74) is 3.20. The minimum Gasteiger partial charge on any atom is -0.494 e. The Balaban J connectivity index is 1.93. The van der Waals surface area contributed by atoms with E-state index in [1.165, 1.54) is 18.2 Å². The van der Waals surface area contributed by atoms with Gasteiger partial charge in [-0.2, -0.15) is 5.26 Å². The Labute approximate surface area is 202 Å². The van der Waals surface area contributed by atoms with Gasteiger partial charge in [0.05, 0.1) is 6.61 Å². The van der Waals surface area contributed by atoms with Gasteiger partial charge in [0.1, 0.15) is 23.2 Å². The van der Waals surface area contributed by atoms with Crippen LogP contribution >= 0.6 is 23.2 Å². The first kappa shape index (κ1) is 24.3. The van der Waals surface area contributed by atoms with Crippen LogP contribution in [0.3, 0.4) is 0 Å². The molecule has 3 rings (SSSR count). The van der Waals surface area contributed by atoms with E-state index >= 15 is 0 Å². The van der Waals surface area contributed by atoms with Crippen molar-refractivity contribution < 1.29 is 13.9 Å². The van der Waals surface area contributed by atoms with Gasteiger partial charge in [0.2, 0.25) is 0 Å². The molecule has 0 spiro atoms. The summed E-state index contributed by atoms with van der Waals surface area (Å²) >= 11 is 12.5. The second-order valence-corrected chi connectivity index (χ2v) is 8.15. The summed E-state index contributed by atoms with van der Waals surface area (Å²) in [5, 5.41) is 13.1. The van der Waals surface area contributed by atoms with E-state index in [0.717, 1.165) is 11.1 Å². The molecule has 7 heteroatoms. The Bertz CT molecular complexity index is 1270. The van der Waals surface area contributed by atoms with Gasteiger partial charge >= 0.3 is 0 Å². The maximum Gasteiger partial charge on any atom is 0.266 e. The fourth-order valence-corrected chi connectivity index (χ4v) is 3.71. The van der Waals surface area contributed by atoms with Crippen molar-refractivity contribution in [1.82, 2.24) is 0 Å². The minimum absolute atomic E-state index is 0.106. The van der Waals surface area contributed by atoms with Gasteiger partial charge in [-0.3, -0.25) is 4.79 Å². The number of nitrogens with zero attached hydrogens (tertiary/aromatic N) is 1. The quantitative estimate of drug-likeness (QED) is 0.292. The second kappa shape index (κ2) is 11.0. The largest absolute Gasteiger partial charge is 0.494 e. The number of hydrogen-bond acceptors (Lipinski definition) is 3. The number of carbonyl (C=O) groups excluding carboxylic acids is 1. The lowest BCUT2D eigenvalue weighted by molar-refractivity contribution is -0.112. The molecule has 0 fully saturated rings. The zero-order chi connectivity index (χ0) is 24.0. The summed E-state index contributed by atoms with van der Waals surface area (Å²) in [6.07, 6.45) is 1.81. The number of halogens is 3. The van der Waals surface area contributed by atoms with Crippen molar-refractivity contribution in [3.63, 3.8) is 0 Å². The molecule has 0 saturated heterocycles. The normalized spacial score (nSPS) is 11.1. The molecule has 0 bridgehead atoms. The zero-order valence-electron chi connectivity index (χ0n) is 18.1. The van der Waals surface area contributed by atoms with E-state index in [0.29, 0.717) is 45.6 Å². The lowest BCUT2D eigenvalue weighted by Crippen LogP contribution is -2.14. The average molecular weight is 483 g/mol. The molecule has 0 aliphatic rings. The van der Waals surface area contributed by atoms with Gasteiger partial charge in [-0.05, 0) is 73.0 Å². The molecule has 0 atom stereocenters. The fraction of sp³-hybridized carbons (Fsp3) is 0.154. The highest BCUT2D eigenvalue weighted by Crippen LogP contribution is 2.32. The maximum absolute atomic E-state index is 13.6. The highest BCUT2D eigenvalue weighted by atomic mass is 35.5. The number of anilines is 1. The molecule has 0 aliphatic carbocycles. The molecule has 0 heterocycles. The Kier molecular flexibility index (Phi) is 8.11. The van der Waals surface area contributed by atoms with E-state index in [1.54, 1.807) is 42.5 Å². The molecule has 0 aliphatic heterocycles. The highest BCUT2D eigenvalue weighted by molar-refractivity contribution is 6.32. The molecule has 33 heavy (non-hydrogen) atoms. The highest BCUT2D eigenvalue weighted by Gasteiger charge is 2.15. The Morgan fingerprint density at radius 1 is 1.18 bits per heavy atom. The smallest absolute Gasteiger partial charge is 0.266 e. The molecule has 0 aromatic heterocycles. The summed E-state index contributed by atoms with van der Waals surface area (Å²) in [7, 11) is 0. The SMILES string of the molecule is CCOc1cc(/C=C(\C#N)C(=O)Nc2cc(Cl)ccc2C)cc(Cl)c1Cc1cccc(F)c1. The van der Waals surface area contributed by atoms with Crippen molar-refractivity contribution in [2.24, 2.45) is 0 Å². The number of carbonyl (C=O) groups is 1. The molecule has 3 aromatic rings. The Morgan fingerprint density at radius 2 is 1.97 bits per heavy atom. The van der Waals surface area contributed by atoms with Crippen molar-refractivity contribution in [2.45, 2.75) is 20.3 Å². The van der Waals surface area contributed by atoms with Gasteiger partial charge in [0.25, 0.3) is 5.91 Å². The van der Waals surface area contributed by atoms with Crippen LogP contribution in [0.1, 0.15) is 29.2 Å². The third-order valence-corrected chi connectivity index (χ3v) is 5.44. The van der Waals surface area contributed by atoms with E-state index in [9.17, 15) is 14.4 Å². The molecular formula is C26H21Cl2FN2O2. The first-order valence-electron chi connectivity index (χ1n) is 10.2. The molecule has 1 N–H and O–H groups in total. The van der Waals surface area contributed by atoms with Crippen LogP contribution in [0.4, 0.5) is 10.1 Å². The van der Waals surface area contributed by atoms with Crippen molar-refractivity contribution in [3.8, 4) is 11.8 Å². The van der Waals surface area contributed by atoms with E-state index in [4.69, 9.17) is 27.9 Å². The van der Waals surface area contributed by atoms with Gasteiger partial charge < -0.3 is 10.1 Å². The molecule has 1 amide bonds. The number of hydrogen-bond donors (Lipinski definition) is 1. The van der Waals surface area contributed by atoms with Gasteiger partial charge in [0.15, 0.2) is 0 Å². The van der Waals surface area contributed by atoms with Crippen LogP contribution in [0.25, 0.3) is 6.08 Å². The van der Waals surface area contributed by atoms with Crippen LogP contribution < -0.4 is 10.1 Å². The average Bonchev–Trinajstić information content (AvgIpc) is 2.77. The van der Waals surface area contributed by atoms with Crippen molar-refractivity contribution >= 4 is 40.9 Å². The minimum atomic E-state index is -0.569. The van der Waals surface area contributed by atoms with Crippen LogP contribution in [0, 0.1) is 24.1 Å². The van der Waals surface area contributed by atoms with E-state index < -0.39 is 5.91 Å². The number of nitrogens with one attached hydrogen (secondary N) is 1. The monoisotopic (exact) mass is 482 g/mol. The van der Waals surface area contributed by atoms with Crippen LogP contribution in [0.5, 0.6) is 5.75 Å². The van der Waals surface area contributed by atoms with Gasteiger partial charge in [-0.15, -0.1) is 0 Å². The fourth-order valence-electron chi connectivity index (χ4n) is 3.26. The van der Waals surface area contributed by atoms with Crippen LogP contribution in [-0.4, -0.2) is 12.5 Å². The third kappa shape index (κ3) is 6.35. The standard InChI is InChI=1S/C26H21Cl2FN2O2/c1-3-33-25-13-18(12-23(28)22(25)11-17-5-4-6-21(29)10-17)9-19(15-30)26(32)31-24-14-20(27)8-7-16(24)2/h4-10,12-14H,3,11H2,1-2H3,(H,31,32)/b19-9+. The molecule has 168 valence electrons. The first-order chi connectivity index (χ1) is 15.8. The number of amides is 1. The third-order valence-electron chi connectivity index (χ3n) is 4.87. The summed E-state index contributed by atoms with van der Waals surface area (Å²) < 4.78 is 19.4. The molecule has 0 saturated carbocycles. The Hall–Kier alpha value is -3.33. The lowest BCUT2D eigenvalue weighted by atomic mass is 10.0. The number of benzene rings is 3. The molecule has 0 radical (unpaired) electrons. The first-order valence-corrected chi connectivity index (χ1v) is 10.9. The summed E-state index contributed by atoms with van der Waals surface area (Å²) in [4.78, 5) is 12.7. The predicted octanol–water partition coefficient (Wildman–Crippen LogP) is 6.98. The lowest BCUT2D eigenvalue weighted by Gasteiger charge is -2.14. The number of ether oxygens (including phenoxy) is 1. The van der Waals surface area contributed by atoms with Crippen LogP contribution in [-0.2, 0) is 11.2 Å². The van der Waals surface area contributed by atoms with Crippen molar-refractivity contribution in [3.05, 3.63) is 98.3 Å². The van der Waals surface area contributed by atoms with Gasteiger partial charge in [-0.1, -0.05) is 41.4 Å². The zero-order valence-corrected chi connectivity index (χ0v) is 19.6. The van der Waals surface area contributed by atoms with Crippen molar-refractivity contribution in [1.29, 1.82) is 5.26 Å². The maximum atomic E-state index is 13.6. The number of aryl methyl sites for hydroxylation is 1. The predicted molar refractivity (Wildman–Crippen MR) is 130 cm³/mol. The van der Waals surface area contributed by atoms with E-state index in [2.05, 4.69) is 5.32 Å². The van der Waals surface area contributed by atoms with E-state index in [-0.39, 0.29) is 11.4 Å². The van der Waals surface area contributed by atoms with Crippen LogP contribution in [0.2, 0.25) is 10.0 Å². The second-order valence-electron chi connectivity index (χ2n) is 7.30. The number of nitriles is 1. The van der Waals surface area contributed by atoms with Crippen molar-refractivity contribution in [2.75, 3.05) is 11.9 Å². The molecule has 4 nitrogen and oxygen atoms in total.